The van der Waals surface area contributed by atoms with Crippen LogP contribution in [0.25, 0.3) is 0 Å². The largest absolute Gasteiger partial charge is 0.384 e. The molecule has 104 valence electrons. The summed E-state index contributed by atoms with van der Waals surface area (Å²) in [5.74, 6) is 0.594. The third-order valence-electron chi connectivity index (χ3n) is 3.01. The molecule has 1 aromatic rings. The lowest BCUT2D eigenvalue weighted by atomic mass is 10.2. The summed E-state index contributed by atoms with van der Waals surface area (Å²) in [6.07, 6.45) is 4.19. The van der Waals surface area contributed by atoms with Crippen molar-refractivity contribution in [2.45, 2.75) is 46.1 Å². The molecule has 0 fully saturated rings. The van der Waals surface area contributed by atoms with Gasteiger partial charge >= 0.3 is 0 Å². The molecule has 3 N–H and O–H groups in total. The van der Waals surface area contributed by atoms with Crippen LogP contribution in [0.2, 0.25) is 5.15 Å². The van der Waals surface area contributed by atoms with E-state index < -0.39 is 0 Å². The molecule has 0 aliphatic rings. The molecule has 0 spiro atoms. The summed E-state index contributed by atoms with van der Waals surface area (Å²) in [5.41, 5.74) is 7.22. The van der Waals surface area contributed by atoms with Crippen molar-refractivity contribution in [1.82, 2.24) is 0 Å². The molecule has 0 atom stereocenters. The molecule has 1 rings (SSSR count). The summed E-state index contributed by atoms with van der Waals surface area (Å²) < 4.78 is 1.80. The summed E-state index contributed by atoms with van der Waals surface area (Å²) in [6, 6.07) is 3.97. The number of hydrogen-bond donors (Lipinski definition) is 2. The quantitative estimate of drug-likeness (QED) is 0.458. The van der Waals surface area contributed by atoms with Gasteiger partial charge in [0.1, 0.15) is 11.6 Å². The molecule has 0 aliphatic heterocycles. The Labute approximate surface area is 120 Å². The van der Waals surface area contributed by atoms with E-state index in [9.17, 15) is 5.26 Å². The zero-order valence-electron chi connectivity index (χ0n) is 11.7. The summed E-state index contributed by atoms with van der Waals surface area (Å²) in [7, 11) is 0. The van der Waals surface area contributed by atoms with Crippen molar-refractivity contribution in [3.63, 3.8) is 0 Å². The summed E-state index contributed by atoms with van der Waals surface area (Å²) in [6.45, 7) is 5.79. The van der Waals surface area contributed by atoms with Gasteiger partial charge in [0.25, 0.3) is 5.82 Å². The van der Waals surface area contributed by atoms with E-state index in [1.54, 1.807) is 10.6 Å². The monoisotopic (exact) mass is 281 g/mol. The van der Waals surface area contributed by atoms with Gasteiger partial charge in [-0.1, -0.05) is 26.7 Å². The van der Waals surface area contributed by atoms with Gasteiger partial charge in [0, 0.05) is 6.54 Å². The lowest BCUT2D eigenvalue weighted by molar-refractivity contribution is -0.681. The predicted molar refractivity (Wildman–Crippen MR) is 79.1 cm³/mol. The van der Waals surface area contributed by atoms with Gasteiger partial charge in [0.2, 0.25) is 5.15 Å². The number of rotatable bonds is 7. The maximum Gasteiger partial charge on any atom is 0.275 e. The molecular formula is C14H22ClN4+. The number of aromatic nitrogens is 1. The van der Waals surface area contributed by atoms with Crippen molar-refractivity contribution in [2.24, 2.45) is 0 Å². The molecule has 0 radical (unpaired) electrons. The van der Waals surface area contributed by atoms with Crippen LogP contribution in [0.15, 0.2) is 6.07 Å². The summed E-state index contributed by atoms with van der Waals surface area (Å²) in [4.78, 5) is 0. The molecule has 4 nitrogen and oxygen atoms in total. The number of nitriles is 1. The number of nitrogens with one attached hydrogen (secondary N) is 1. The number of halogens is 1. The van der Waals surface area contributed by atoms with Gasteiger partial charge in [-0.2, -0.15) is 5.26 Å². The Morgan fingerprint density at radius 1 is 1.37 bits per heavy atom. The summed E-state index contributed by atoms with van der Waals surface area (Å²) in [5, 5.41) is 12.9. The van der Waals surface area contributed by atoms with Crippen LogP contribution in [0.5, 0.6) is 0 Å². The maximum atomic E-state index is 9.27. The minimum absolute atomic E-state index is 0.426. The highest BCUT2D eigenvalue weighted by atomic mass is 35.5. The van der Waals surface area contributed by atoms with Crippen molar-refractivity contribution in [1.29, 1.82) is 5.26 Å². The van der Waals surface area contributed by atoms with Gasteiger partial charge in [-0.3, -0.25) is 5.73 Å². The zero-order valence-corrected chi connectivity index (χ0v) is 12.4. The lowest BCUT2D eigenvalue weighted by Gasteiger charge is -2.12. The number of nitrogen functional groups attached to an aromatic ring is 1. The van der Waals surface area contributed by atoms with Crippen molar-refractivity contribution in [3.05, 3.63) is 16.8 Å². The van der Waals surface area contributed by atoms with Crippen LogP contribution < -0.4 is 15.6 Å². The van der Waals surface area contributed by atoms with Crippen LogP contribution in [0.4, 0.5) is 11.5 Å². The molecular weight excluding hydrogens is 260 g/mol. The maximum absolute atomic E-state index is 9.27. The van der Waals surface area contributed by atoms with Crippen LogP contribution in [0, 0.1) is 11.3 Å². The van der Waals surface area contributed by atoms with E-state index in [2.05, 4.69) is 25.2 Å². The minimum atomic E-state index is 0.426. The van der Waals surface area contributed by atoms with Crippen LogP contribution in [-0.2, 0) is 6.54 Å². The van der Waals surface area contributed by atoms with Crippen molar-refractivity contribution in [2.75, 3.05) is 17.6 Å². The van der Waals surface area contributed by atoms with E-state index in [0.717, 1.165) is 44.5 Å². The highest BCUT2D eigenvalue weighted by Crippen LogP contribution is 2.23. The Hall–Kier alpha value is -1.47. The number of nitrogens with zero attached hydrogens (tertiary/aromatic N) is 2. The van der Waals surface area contributed by atoms with E-state index in [1.807, 2.05) is 0 Å². The number of hydrogen-bond acceptors (Lipinski definition) is 3. The second-order valence-electron chi connectivity index (χ2n) is 4.55. The molecule has 0 saturated carbocycles. The third-order valence-corrected chi connectivity index (χ3v) is 3.40. The van der Waals surface area contributed by atoms with E-state index in [1.165, 1.54) is 0 Å². The van der Waals surface area contributed by atoms with Gasteiger partial charge in [-0.15, -0.1) is 0 Å². The molecule has 0 unspecified atom stereocenters. The first-order chi connectivity index (χ1) is 9.15. The molecule has 19 heavy (non-hydrogen) atoms. The van der Waals surface area contributed by atoms with E-state index >= 15 is 0 Å². The van der Waals surface area contributed by atoms with E-state index in [4.69, 9.17) is 17.3 Å². The number of anilines is 2. The lowest BCUT2D eigenvalue weighted by Crippen LogP contribution is -2.39. The number of pyridine rings is 1. The Morgan fingerprint density at radius 2 is 2.05 bits per heavy atom. The molecule has 0 amide bonds. The van der Waals surface area contributed by atoms with Gasteiger partial charge in [0.05, 0.1) is 18.3 Å². The Balaban J connectivity index is 3.04. The molecule has 0 aliphatic carbocycles. The van der Waals surface area contributed by atoms with Gasteiger partial charge in [-0.25, -0.2) is 4.57 Å². The Morgan fingerprint density at radius 3 is 2.63 bits per heavy atom. The van der Waals surface area contributed by atoms with Crippen molar-refractivity contribution in [3.8, 4) is 6.07 Å². The molecule has 0 saturated heterocycles. The topological polar surface area (TPSA) is 65.7 Å². The van der Waals surface area contributed by atoms with Gasteiger partial charge < -0.3 is 5.32 Å². The SMILES string of the molecule is CCCCNc1cc(N)[n+](CCCC)c(Cl)c1C#N. The fraction of sp³-hybridized carbons (Fsp3) is 0.571. The first kappa shape index (κ1) is 15.6. The van der Waals surface area contributed by atoms with Gasteiger partial charge in [-0.05, 0) is 24.4 Å². The second kappa shape index (κ2) is 7.85. The van der Waals surface area contributed by atoms with Crippen molar-refractivity contribution >= 4 is 23.1 Å². The summed E-state index contributed by atoms with van der Waals surface area (Å²) >= 11 is 6.29. The van der Waals surface area contributed by atoms with Crippen LogP contribution in [-0.4, -0.2) is 6.54 Å². The smallest absolute Gasteiger partial charge is 0.275 e. The highest BCUT2D eigenvalue weighted by Gasteiger charge is 2.19. The minimum Gasteiger partial charge on any atom is -0.384 e. The fourth-order valence-corrected chi connectivity index (χ4v) is 2.17. The predicted octanol–water partition coefficient (Wildman–Crippen LogP) is 3.09. The number of nitrogens with two attached hydrogens (primary N) is 1. The Bertz CT molecular complexity index is 465. The van der Waals surface area contributed by atoms with Crippen molar-refractivity contribution < 1.29 is 4.57 Å². The molecule has 1 heterocycles. The van der Waals surface area contributed by atoms with Crippen LogP contribution in [0.1, 0.15) is 45.1 Å². The van der Waals surface area contributed by atoms with Crippen LogP contribution in [0.3, 0.4) is 0 Å². The third kappa shape index (κ3) is 4.00. The second-order valence-corrected chi connectivity index (χ2v) is 4.90. The molecule has 0 bridgehead atoms. The number of unbranched alkanes of at least 4 members (excludes halogenated alkanes) is 2. The van der Waals surface area contributed by atoms with Gasteiger partial charge in [0.15, 0.2) is 0 Å². The highest BCUT2D eigenvalue weighted by molar-refractivity contribution is 6.30. The molecule has 5 heteroatoms. The average molecular weight is 282 g/mol. The van der Waals surface area contributed by atoms with E-state index in [0.29, 0.717) is 16.5 Å². The zero-order chi connectivity index (χ0) is 14.3. The van der Waals surface area contributed by atoms with Crippen LogP contribution >= 0.6 is 11.6 Å². The Kier molecular flexibility index (Phi) is 6.44. The standard InChI is InChI=1S/C14H21ClN4/c1-3-5-7-18-12-9-13(17)19(8-6-4-2)14(15)11(12)10-16/h9H,3-8H2,1-2H3,(H2,17,18)/p+1. The average Bonchev–Trinajstić information content (AvgIpc) is 2.39. The van der Waals surface area contributed by atoms with E-state index in [-0.39, 0.29) is 0 Å². The molecule has 0 aromatic carbocycles. The normalized spacial score (nSPS) is 10.2. The first-order valence-corrected chi connectivity index (χ1v) is 7.19. The molecule has 1 aromatic heterocycles. The fourth-order valence-electron chi connectivity index (χ4n) is 1.85. The first-order valence-electron chi connectivity index (χ1n) is 6.81.